The molecule has 1 unspecified atom stereocenters. The quantitative estimate of drug-likeness (QED) is 0.618. The summed E-state index contributed by atoms with van der Waals surface area (Å²) in [5.41, 5.74) is 0. The second-order valence-corrected chi connectivity index (χ2v) is 3.17. The zero-order valence-corrected chi connectivity index (χ0v) is 7.55. The summed E-state index contributed by atoms with van der Waals surface area (Å²) in [6.45, 7) is 5.16. The number of nitrogens with zero attached hydrogens (tertiary/aromatic N) is 1. The minimum absolute atomic E-state index is 0.0879. The first-order valence-electron chi connectivity index (χ1n) is 4.34. The van der Waals surface area contributed by atoms with Crippen molar-refractivity contribution in [3.8, 4) is 0 Å². The zero-order chi connectivity index (χ0) is 8.97. The molecule has 0 radical (unpaired) electrons. The lowest BCUT2D eigenvalue weighted by atomic mass is 10.2. The van der Waals surface area contributed by atoms with Crippen molar-refractivity contribution in [3.05, 3.63) is 12.7 Å². The summed E-state index contributed by atoms with van der Waals surface area (Å²) in [5, 5.41) is 2.81. The molecule has 1 aliphatic rings. The second-order valence-electron chi connectivity index (χ2n) is 3.17. The third-order valence-corrected chi connectivity index (χ3v) is 2.24. The first-order valence-corrected chi connectivity index (χ1v) is 4.34. The number of amides is 1. The summed E-state index contributed by atoms with van der Waals surface area (Å²) in [6, 6.07) is 0.0879. The number of carbonyl (C=O) groups excluding carboxylic acids is 1. The predicted octanol–water partition coefficient (Wildman–Crippen LogP) is 0.383. The van der Waals surface area contributed by atoms with Crippen LogP contribution < -0.4 is 5.32 Å². The molecule has 0 aromatic carbocycles. The molecule has 68 valence electrons. The highest BCUT2D eigenvalue weighted by Gasteiger charge is 2.26. The van der Waals surface area contributed by atoms with E-state index >= 15 is 0 Å². The fourth-order valence-corrected chi connectivity index (χ4v) is 1.53. The molecule has 1 atom stereocenters. The average Bonchev–Trinajstić information content (AvgIpc) is 2.47. The summed E-state index contributed by atoms with van der Waals surface area (Å²) in [5.74, 6) is 0.134. The van der Waals surface area contributed by atoms with Gasteiger partial charge in [0.15, 0.2) is 0 Å². The van der Waals surface area contributed by atoms with Gasteiger partial charge in [-0.2, -0.15) is 0 Å². The molecule has 1 amide bonds. The Bertz CT molecular complexity index is 179. The molecular formula is C9H16N2O. The number of hydrogen-bond donors (Lipinski definition) is 1. The van der Waals surface area contributed by atoms with Crippen LogP contribution in [-0.4, -0.2) is 37.0 Å². The first-order chi connectivity index (χ1) is 5.75. The third-order valence-electron chi connectivity index (χ3n) is 2.24. The second kappa shape index (κ2) is 4.26. The normalized spacial score (nSPS) is 23.9. The Morgan fingerprint density at radius 1 is 1.83 bits per heavy atom. The Morgan fingerprint density at radius 3 is 3.08 bits per heavy atom. The van der Waals surface area contributed by atoms with E-state index in [0.717, 1.165) is 19.4 Å². The molecule has 0 aromatic heterocycles. The van der Waals surface area contributed by atoms with E-state index in [9.17, 15) is 4.79 Å². The van der Waals surface area contributed by atoms with E-state index in [2.05, 4.69) is 16.8 Å². The van der Waals surface area contributed by atoms with Crippen LogP contribution in [-0.2, 0) is 4.79 Å². The molecule has 3 heteroatoms. The fraction of sp³-hybridized carbons (Fsp3) is 0.667. The minimum Gasteiger partial charge on any atom is -0.351 e. The summed E-state index contributed by atoms with van der Waals surface area (Å²) < 4.78 is 0. The van der Waals surface area contributed by atoms with Gasteiger partial charge in [-0.3, -0.25) is 9.69 Å². The minimum atomic E-state index is 0.0879. The van der Waals surface area contributed by atoms with Gasteiger partial charge in [-0.25, -0.2) is 0 Å². The van der Waals surface area contributed by atoms with E-state index in [1.807, 2.05) is 7.05 Å². The Morgan fingerprint density at radius 2 is 2.58 bits per heavy atom. The van der Waals surface area contributed by atoms with Gasteiger partial charge in [0.05, 0.1) is 6.04 Å². The Labute approximate surface area is 73.4 Å². The van der Waals surface area contributed by atoms with Gasteiger partial charge in [0.2, 0.25) is 5.91 Å². The summed E-state index contributed by atoms with van der Waals surface area (Å²) >= 11 is 0. The van der Waals surface area contributed by atoms with Crippen LogP contribution in [0.3, 0.4) is 0 Å². The maximum Gasteiger partial charge on any atom is 0.237 e. The van der Waals surface area contributed by atoms with Crippen LogP contribution in [0.2, 0.25) is 0 Å². The molecular weight excluding hydrogens is 152 g/mol. The van der Waals surface area contributed by atoms with Crippen molar-refractivity contribution in [3.63, 3.8) is 0 Å². The predicted molar refractivity (Wildman–Crippen MR) is 48.9 cm³/mol. The molecule has 0 aliphatic carbocycles. The van der Waals surface area contributed by atoms with Crippen molar-refractivity contribution in [2.24, 2.45) is 0 Å². The molecule has 0 bridgehead atoms. The van der Waals surface area contributed by atoms with Gasteiger partial charge in [-0.1, -0.05) is 6.08 Å². The lowest BCUT2D eigenvalue weighted by Crippen LogP contribution is -2.41. The highest BCUT2D eigenvalue weighted by atomic mass is 16.2. The van der Waals surface area contributed by atoms with Crippen LogP contribution in [0, 0.1) is 0 Å². The van der Waals surface area contributed by atoms with E-state index in [0.29, 0.717) is 6.54 Å². The van der Waals surface area contributed by atoms with Crippen LogP contribution in [0.15, 0.2) is 12.7 Å². The molecule has 0 spiro atoms. The molecule has 1 heterocycles. The lowest BCUT2D eigenvalue weighted by Gasteiger charge is -2.17. The van der Waals surface area contributed by atoms with Gasteiger partial charge in [-0.15, -0.1) is 6.58 Å². The van der Waals surface area contributed by atoms with Crippen LogP contribution in [0.1, 0.15) is 12.8 Å². The van der Waals surface area contributed by atoms with Gasteiger partial charge in [0.1, 0.15) is 0 Å². The Balaban J connectivity index is 2.35. The number of hydrogen-bond acceptors (Lipinski definition) is 2. The largest absolute Gasteiger partial charge is 0.351 e. The standard InChI is InChI=1S/C9H16N2O/c1-3-6-10-9(12)8-5-4-7-11(8)2/h3,8H,1,4-7H2,2H3,(H,10,12). The molecule has 3 nitrogen and oxygen atoms in total. The number of likely N-dealkylation sites (N-methyl/N-ethyl adjacent to an activating group) is 1. The highest BCUT2D eigenvalue weighted by molar-refractivity contribution is 5.82. The summed E-state index contributed by atoms with van der Waals surface area (Å²) in [4.78, 5) is 13.5. The van der Waals surface area contributed by atoms with E-state index in [4.69, 9.17) is 0 Å². The number of likely N-dealkylation sites (tertiary alicyclic amines) is 1. The number of rotatable bonds is 3. The smallest absolute Gasteiger partial charge is 0.237 e. The van der Waals surface area contributed by atoms with Crippen molar-refractivity contribution < 1.29 is 4.79 Å². The van der Waals surface area contributed by atoms with Crippen molar-refractivity contribution >= 4 is 5.91 Å². The average molecular weight is 168 g/mol. The van der Waals surface area contributed by atoms with Gasteiger partial charge in [0, 0.05) is 6.54 Å². The van der Waals surface area contributed by atoms with Gasteiger partial charge in [0.25, 0.3) is 0 Å². The van der Waals surface area contributed by atoms with Crippen molar-refractivity contribution in [1.29, 1.82) is 0 Å². The highest BCUT2D eigenvalue weighted by Crippen LogP contribution is 2.14. The molecule has 1 N–H and O–H groups in total. The maximum absolute atomic E-state index is 11.4. The van der Waals surface area contributed by atoms with Gasteiger partial charge >= 0.3 is 0 Å². The Hall–Kier alpha value is -0.830. The maximum atomic E-state index is 11.4. The van der Waals surface area contributed by atoms with Crippen LogP contribution in [0.4, 0.5) is 0 Å². The molecule has 0 aromatic rings. The zero-order valence-electron chi connectivity index (χ0n) is 7.55. The van der Waals surface area contributed by atoms with Gasteiger partial charge < -0.3 is 5.32 Å². The van der Waals surface area contributed by atoms with E-state index in [1.54, 1.807) is 6.08 Å². The van der Waals surface area contributed by atoms with Crippen LogP contribution in [0.5, 0.6) is 0 Å². The van der Waals surface area contributed by atoms with Crippen molar-refractivity contribution in [2.75, 3.05) is 20.1 Å². The summed E-state index contributed by atoms with van der Waals surface area (Å²) in [6.07, 6.45) is 3.81. The van der Waals surface area contributed by atoms with Crippen LogP contribution in [0.25, 0.3) is 0 Å². The molecule has 1 fully saturated rings. The van der Waals surface area contributed by atoms with Crippen molar-refractivity contribution in [1.82, 2.24) is 10.2 Å². The molecule has 1 aliphatic heterocycles. The lowest BCUT2D eigenvalue weighted by molar-refractivity contribution is -0.124. The fourth-order valence-electron chi connectivity index (χ4n) is 1.53. The first kappa shape index (κ1) is 9.26. The topological polar surface area (TPSA) is 32.3 Å². The molecule has 1 rings (SSSR count). The monoisotopic (exact) mass is 168 g/mol. The van der Waals surface area contributed by atoms with E-state index in [1.165, 1.54) is 0 Å². The molecule has 0 saturated carbocycles. The number of nitrogens with one attached hydrogen (secondary N) is 1. The summed E-state index contributed by atoms with van der Waals surface area (Å²) in [7, 11) is 1.99. The third kappa shape index (κ3) is 2.08. The van der Waals surface area contributed by atoms with E-state index < -0.39 is 0 Å². The molecule has 1 saturated heterocycles. The van der Waals surface area contributed by atoms with Crippen LogP contribution >= 0.6 is 0 Å². The molecule has 12 heavy (non-hydrogen) atoms. The van der Waals surface area contributed by atoms with Crippen molar-refractivity contribution in [2.45, 2.75) is 18.9 Å². The van der Waals surface area contributed by atoms with E-state index in [-0.39, 0.29) is 11.9 Å². The Kier molecular flexibility index (Phi) is 3.29. The van der Waals surface area contributed by atoms with Gasteiger partial charge in [-0.05, 0) is 26.4 Å². The SMILES string of the molecule is C=CCNC(=O)C1CCCN1C. The number of carbonyl (C=O) groups is 1.